The molecule has 0 unspecified atom stereocenters. The van der Waals surface area contributed by atoms with E-state index >= 15 is 0 Å². The zero-order valence-corrected chi connectivity index (χ0v) is 16.3. The molecule has 0 bridgehead atoms. The van der Waals surface area contributed by atoms with Gasteiger partial charge in [0.15, 0.2) is 5.11 Å². The van der Waals surface area contributed by atoms with Gasteiger partial charge in [0, 0.05) is 12.3 Å². The molecule has 6 nitrogen and oxygen atoms in total. The standard InChI is InChI=1S/C20H22N4O2S/c1-14-6-4-5-7-15(14)12-24-13-16(11-21-24)22-20(27)23-18-9-8-17(25-2)10-19(18)26-3/h4-11,13H,12H2,1-3H3,(H2,22,23,27). The van der Waals surface area contributed by atoms with Crippen molar-refractivity contribution in [3.8, 4) is 11.5 Å². The summed E-state index contributed by atoms with van der Waals surface area (Å²) in [6.07, 6.45) is 3.67. The summed E-state index contributed by atoms with van der Waals surface area (Å²) in [4.78, 5) is 0. The van der Waals surface area contributed by atoms with Crippen molar-refractivity contribution in [3.05, 3.63) is 66.0 Å². The molecular weight excluding hydrogens is 360 g/mol. The number of thiocarbonyl (C=S) groups is 1. The summed E-state index contributed by atoms with van der Waals surface area (Å²) in [5.74, 6) is 1.36. The second-order valence-electron chi connectivity index (χ2n) is 6.00. The van der Waals surface area contributed by atoms with Gasteiger partial charge in [0.25, 0.3) is 0 Å². The Bertz CT molecular complexity index is 939. The van der Waals surface area contributed by atoms with E-state index in [2.05, 4.69) is 34.8 Å². The van der Waals surface area contributed by atoms with Gasteiger partial charge in [0.2, 0.25) is 0 Å². The highest BCUT2D eigenvalue weighted by molar-refractivity contribution is 7.80. The second-order valence-corrected chi connectivity index (χ2v) is 6.41. The van der Waals surface area contributed by atoms with Crippen molar-refractivity contribution >= 4 is 28.7 Å². The molecule has 3 rings (SSSR count). The number of methoxy groups -OCH3 is 2. The lowest BCUT2D eigenvalue weighted by Gasteiger charge is -2.13. The predicted octanol–water partition coefficient (Wildman–Crippen LogP) is 4.07. The minimum Gasteiger partial charge on any atom is -0.497 e. The summed E-state index contributed by atoms with van der Waals surface area (Å²) in [5, 5.41) is 11.1. The van der Waals surface area contributed by atoms with Crippen molar-refractivity contribution in [3.63, 3.8) is 0 Å². The van der Waals surface area contributed by atoms with E-state index in [1.165, 1.54) is 11.1 Å². The second kappa shape index (κ2) is 8.55. The number of hydrogen-bond donors (Lipinski definition) is 2. The number of benzene rings is 2. The van der Waals surface area contributed by atoms with Crippen LogP contribution in [0.3, 0.4) is 0 Å². The smallest absolute Gasteiger partial charge is 0.175 e. The number of nitrogens with zero attached hydrogens (tertiary/aromatic N) is 2. The molecule has 0 atom stereocenters. The lowest BCUT2D eigenvalue weighted by atomic mass is 10.1. The molecule has 0 aliphatic carbocycles. The van der Waals surface area contributed by atoms with Crippen LogP contribution in [0.2, 0.25) is 0 Å². The molecule has 3 aromatic rings. The number of anilines is 2. The molecule has 7 heteroatoms. The maximum absolute atomic E-state index is 5.40. The fourth-order valence-corrected chi connectivity index (χ4v) is 2.89. The molecule has 27 heavy (non-hydrogen) atoms. The summed E-state index contributed by atoms with van der Waals surface area (Å²) in [5.41, 5.74) is 4.04. The monoisotopic (exact) mass is 382 g/mol. The third-order valence-corrected chi connectivity index (χ3v) is 4.35. The molecule has 0 saturated heterocycles. The van der Waals surface area contributed by atoms with Crippen molar-refractivity contribution in [1.29, 1.82) is 0 Å². The Labute approximate surface area is 164 Å². The summed E-state index contributed by atoms with van der Waals surface area (Å²) in [6.45, 7) is 2.81. The summed E-state index contributed by atoms with van der Waals surface area (Å²) in [7, 11) is 3.22. The Balaban J connectivity index is 1.64. The number of aromatic nitrogens is 2. The number of rotatable bonds is 6. The van der Waals surface area contributed by atoms with E-state index < -0.39 is 0 Å². The first-order chi connectivity index (χ1) is 13.1. The zero-order valence-electron chi connectivity index (χ0n) is 15.5. The van der Waals surface area contributed by atoms with Gasteiger partial charge >= 0.3 is 0 Å². The lowest BCUT2D eigenvalue weighted by Crippen LogP contribution is -2.19. The maximum atomic E-state index is 5.40. The SMILES string of the molecule is COc1ccc(NC(=S)Nc2cnn(Cc3ccccc3C)c2)c(OC)c1. The molecule has 140 valence electrons. The van der Waals surface area contributed by atoms with E-state index in [4.69, 9.17) is 21.7 Å². The minimum atomic E-state index is 0.453. The van der Waals surface area contributed by atoms with Gasteiger partial charge < -0.3 is 20.1 Å². The molecule has 0 spiro atoms. The average molecular weight is 382 g/mol. The Morgan fingerprint density at radius 2 is 1.93 bits per heavy atom. The Hall–Kier alpha value is -3.06. The van der Waals surface area contributed by atoms with E-state index in [1.54, 1.807) is 26.5 Å². The van der Waals surface area contributed by atoms with Crippen LogP contribution in [0.5, 0.6) is 11.5 Å². The van der Waals surface area contributed by atoms with Crippen LogP contribution in [0.25, 0.3) is 0 Å². The molecule has 2 aromatic carbocycles. The highest BCUT2D eigenvalue weighted by atomic mass is 32.1. The first-order valence-electron chi connectivity index (χ1n) is 8.46. The summed E-state index contributed by atoms with van der Waals surface area (Å²) in [6, 6.07) is 13.8. The fourth-order valence-electron chi connectivity index (χ4n) is 2.66. The number of nitrogens with one attached hydrogen (secondary N) is 2. The van der Waals surface area contributed by atoms with Crippen molar-refractivity contribution < 1.29 is 9.47 Å². The van der Waals surface area contributed by atoms with Gasteiger partial charge in [-0.05, 0) is 42.4 Å². The Kier molecular flexibility index (Phi) is 5.93. The molecule has 0 aliphatic rings. The highest BCUT2D eigenvalue weighted by Gasteiger charge is 2.08. The van der Waals surface area contributed by atoms with Crippen molar-refractivity contribution in [2.24, 2.45) is 0 Å². The van der Waals surface area contributed by atoms with Crippen LogP contribution in [0.15, 0.2) is 54.9 Å². The summed E-state index contributed by atoms with van der Waals surface area (Å²) < 4.78 is 12.5. The molecular formula is C20H22N4O2S. The van der Waals surface area contributed by atoms with Crippen LogP contribution in [0.1, 0.15) is 11.1 Å². The van der Waals surface area contributed by atoms with Crippen LogP contribution in [-0.2, 0) is 6.54 Å². The van der Waals surface area contributed by atoms with Gasteiger partial charge in [0.05, 0.1) is 38.3 Å². The van der Waals surface area contributed by atoms with Crippen LogP contribution >= 0.6 is 12.2 Å². The highest BCUT2D eigenvalue weighted by Crippen LogP contribution is 2.29. The van der Waals surface area contributed by atoms with E-state index in [0.29, 0.717) is 23.2 Å². The van der Waals surface area contributed by atoms with Crippen molar-refractivity contribution in [2.75, 3.05) is 24.9 Å². The Morgan fingerprint density at radius 1 is 1.11 bits per heavy atom. The van der Waals surface area contributed by atoms with Gasteiger partial charge in [-0.3, -0.25) is 4.68 Å². The molecule has 0 saturated carbocycles. The molecule has 2 N–H and O–H groups in total. The maximum Gasteiger partial charge on any atom is 0.175 e. The average Bonchev–Trinajstić information content (AvgIpc) is 3.10. The zero-order chi connectivity index (χ0) is 19.2. The molecule has 0 aliphatic heterocycles. The van der Waals surface area contributed by atoms with E-state index in [9.17, 15) is 0 Å². The molecule has 0 amide bonds. The molecule has 1 heterocycles. The van der Waals surface area contributed by atoms with Crippen LogP contribution in [0, 0.1) is 6.92 Å². The first kappa shape index (κ1) is 18.7. The van der Waals surface area contributed by atoms with Crippen molar-refractivity contribution in [1.82, 2.24) is 9.78 Å². The quantitative estimate of drug-likeness (QED) is 0.627. The molecule has 0 fully saturated rings. The minimum absolute atomic E-state index is 0.453. The number of ether oxygens (including phenoxy) is 2. The topological polar surface area (TPSA) is 60.3 Å². The summed E-state index contributed by atoms with van der Waals surface area (Å²) >= 11 is 5.40. The predicted molar refractivity (Wildman–Crippen MR) is 112 cm³/mol. The van der Waals surface area contributed by atoms with Crippen LogP contribution < -0.4 is 20.1 Å². The van der Waals surface area contributed by atoms with Crippen molar-refractivity contribution in [2.45, 2.75) is 13.5 Å². The van der Waals surface area contributed by atoms with Gasteiger partial charge in [0.1, 0.15) is 11.5 Å². The fraction of sp³-hybridized carbons (Fsp3) is 0.200. The van der Waals surface area contributed by atoms with Gasteiger partial charge in [-0.2, -0.15) is 5.10 Å². The molecule has 1 aromatic heterocycles. The third kappa shape index (κ3) is 4.77. The molecule has 0 radical (unpaired) electrons. The lowest BCUT2D eigenvalue weighted by molar-refractivity contribution is 0.395. The Morgan fingerprint density at radius 3 is 2.67 bits per heavy atom. The number of hydrogen-bond acceptors (Lipinski definition) is 4. The van der Waals surface area contributed by atoms with Crippen LogP contribution in [-0.4, -0.2) is 29.1 Å². The van der Waals surface area contributed by atoms with E-state index in [0.717, 1.165) is 11.4 Å². The van der Waals surface area contributed by atoms with Crippen LogP contribution in [0.4, 0.5) is 11.4 Å². The normalized spacial score (nSPS) is 10.3. The van der Waals surface area contributed by atoms with Gasteiger partial charge in [-0.25, -0.2) is 0 Å². The van der Waals surface area contributed by atoms with E-state index in [1.807, 2.05) is 35.1 Å². The van der Waals surface area contributed by atoms with Gasteiger partial charge in [-0.1, -0.05) is 24.3 Å². The largest absolute Gasteiger partial charge is 0.497 e. The first-order valence-corrected chi connectivity index (χ1v) is 8.87. The van der Waals surface area contributed by atoms with Gasteiger partial charge in [-0.15, -0.1) is 0 Å². The van der Waals surface area contributed by atoms with E-state index in [-0.39, 0.29) is 0 Å². The number of aryl methyl sites for hydroxylation is 1. The third-order valence-electron chi connectivity index (χ3n) is 4.14.